The summed E-state index contributed by atoms with van der Waals surface area (Å²) in [7, 11) is -2.85. The highest BCUT2D eigenvalue weighted by Crippen LogP contribution is 2.13. The summed E-state index contributed by atoms with van der Waals surface area (Å²) in [4.78, 5) is 2.22. The van der Waals surface area contributed by atoms with E-state index in [4.69, 9.17) is 10.5 Å². The molecule has 0 saturated carbocycles. The molecule has 0 spiro atoms. The van der Waals surface area contributed by atoms with E-state index >= 15 is 0 Å². The van der Waals surface area contributed by atoms with Gasteiger partial charge in [0.1, 0.15) is 0 Å². The Morgan fingerprint density at radius 1 is 1.28 bits per heavy atom. The van der Waals surface area contributed by atoms with Crippen LogP contribution in [0.25, 0.3) is 0 Å². The molecule has 5 nitrogen and oxygen atoms in total. The first-order chi connectivity index (χ1) is 8.57. The molecule has 0 bridgehead atoms. The van der Waals surface area contributed by atoms with Gasteiger partial charge in [-0.2, -0.15) is 0 Å². The minimum atomic E-state index is -2.85. The monoisotopic (exact) mass is 278 g/mol. The van der Waals surface area contributed by atoms with Crippen LogP contribution >= 0.6 is 0 Å². The van der Waals surface area contributed by atoms with Crippen molar-refractivity contribution in [1.29, 1.82) is 0 Å². The molecule has 1 rings (SSSR count). The topological polar surface area (TPSA) is 72.6 Å². The van der Waals surface area contributed by atoms with Gasteiger partial charge >= 0.3 is 0 Å². The Kier molecular flexibility index (Phi) is 7.14. The van der Waals surface area contributed by atoms with Crippen molar-refractivity contribution in [3.05, 3.63) is 0 Å². The number of nitrogens with two attached hydrogens (primary N) is 1. The Morgan fingerprint density at radius 2 is 1.94 bits per heavy atom. The second-order valence-electron chi connectivity index (χ2n) is 4.85. The number of hydrogen-bond acceptors (Lipinski definition) is 5. The quantitative estimate of drug-likeness (QED) is 0.689. The van der Waals surface area contributed by atoms with Gasteiger partial charge in [0.15, 0.2) is 9.84 Å². The molecular weight excluding hydrogens is 252 g/mol. The summed E-state index contributed by atoms with van der Waals surface area (Å²) in [6, 6.07) is 0. The van der Waals surface area contributed by atoms with Crippen LogP contribution in [-0.2, 0) is 14.6 Å². The Hall–Kier alpha value is -0.170. The maximum atomic E-state index is 11.6. The van der Waals surface area contributed by atoms with Crippen molar-refractivity contribution in [1.82, 2.24) is 4.90 Å². The molecular formula is C12H26N2O3S. The average Bonchev–Trinajstić information content (AvgIpc) is 2.35. The number of nitrogens with zero attached hydrogens (tertiary/aromatic N) is 1. The van der Waals surface area contributed by atoms with Crippen LogP contribution in [0.4, 0.5) is 0 Å². The Labute approximate surface area is 111 Å². The van der Waals surface area contributed by atoms with Gasteiger partial charge in [-0.25, -0.2) is 8.42 Å². The minimum Gasteiger partial charge on any atom is -0.377 e. The summed E-state index contributed by atoms with van der Waals surface area (Å²) in [6.07, 6.45) is 2.97. The van der Waals surface area contributed by atoms with Crippen molar-refractivity contribution in [2.45, 2.75) is 32.3 Å². The van der Waals surface area contributed by atoms with E-state index in [-0.39, 0.29) is 5.75 Å². The van der Waals surface area contributed by atoms with Crippen molar-refractivity contribution < 1.29 is 13.2 Å². The van der Waals surface area contributed by atoms with Gasteiger partial charge in [0.2, 0.25) is 0 Å². The first kappa shape index (κ1) is 15.9. The summed E-state index contributed by atoms with van der Waals surface area (Å²) in [5.41, 5.74) is 5.39. The molecule has 6 heteroatoms. The van der Waals surface area contributed by atoms with Gasteiger partial charge in [0, 0.05) is 31.9 Å². The van der Waals surface area contributed by atoms with Crippen LogP contribution < -0.4 is 5.73 Å². The standard InChI is InChI=1S/C12H26N2O3S/c1-2-10-18(15,16)11-8-14-6-3-12(4-7-14)17-9-5-13/h12H,2-11,13H2,1H3. The van der Waals surface area contributed by atoms with Gasteiger partial charge < -0.3 is 15.4 Å². The number of sulfone groups is 1. The first-order valence-electron chi connectivity index (χ1n) is 6.82. The normalized spacial score (nSPS) is 19.2. The third kappa shape index (κ3) is 6.13. The number of hydrogen-bond donors (Lipinski definition) is 1. The number of likely N-dealkylation sites (tertiary alicyclic amines) is 1. The van der Waals surface area contributed by atoms with E-state index in [0.717, 1.165) is 25.9 Å². The Morgan fingerprint density at radius 3 is 2.50 bits per heavy atom. The highest BCUT2D eigenvalue weighted by Gasteiger charge is 2.20. The Balaban J connectivity index is 2.19. The van der Waals surface area contributed by atoms with Crippen LogP contribution in [0.15, 0.2) is 0 Å². The summed E-state index contributed by atoms with van der Waals surface area (Å²) < 4.78 is 28.8. The summed E-state index contributed by atoms with van der Waals surface area (Å²) in [5.74, 6) is 0.595. The fourth-order valence-corrected chi connectivity index (χ4v) is 3.58. The molecule has 18 heavy (non-hydrogen) atoms. The molecule has 0 amide bonds. The molecule has 0 aromatic heterocycles. The maximum Gasteiger partial charge on any atom is 0.151 e. The van der Waals surface area contributed by atoms with Crippen molar-refractivity contribution in [2.24, 2.45) is 5.73 Å². The predicted molar refractivity (Wildman–Crippen MR) is 73.4 cm³/mol. The van der Waals surface area contributed by atoms with E-state index in [1.54, 1.807) is 0 Å². The highest BCUT2D eigenvalue weighted by atomic mass is 32.2. The van der Waals surface area contributed by atoms with Crippen LogP contribution in [-0.4, -0.2) is 63.7 Å². The molecule has 1 saturated heterocycles. The SMILES string of the molecule is CCCS(=O)(=O)CCN1CCC(OCCN)CC1. The first-order valence-corrected chi connectivity index (χ1v) is 8.64. The minimum absolute atomic E-state index is 0.287. The van der Waals surface area contributed by atoms with E-state index in [2.05, 4.69) is 4.90 Å². The van der Waals surface area contributed by atoms with Gasteiger partial charge in [-0.15, -0.1) is 0 Å². The molecule has 0 aromatic carbocycles. The maximum absolute atomic E-state index is 11.6. The van der Waals surface area contributed by atoms with Crippen molar-refractivity contribution in [2.75, 3.05) is 44.3 Å². The second kappa shape index (κ2) is 8.09. The number of rotatable bonds is 8. The molecule has 0 aliphatic carbocycles. The molecule has 1 aliphatic heterocycles. The third-order valence-electron chi connectivity index (χ3n) is 3.24. The van der Waals surface area contributed by atoms with Gasteiger partial charge in [-0.05, 0) is 19.3 Å². The van der Waals surface area contributed by atoms with Gasteiger partial charge in [0.05, 0.1) is 18.5 Å². The molecule has 0 aromatic rings. The fraction of sp³-hybridized carbons (Fsp3) is 1.00. The molecule has 1 heterocycles. The second-order valence-corrected chi connectivity index (χ2v) is 7.16. The molecule has 0 radical (unpaired) electrons. The van der Waals surface area contributed by atoms with E-state index in [9.17, 15) is 8.42 Å². The van der Waals surface area contributed by atoms with Gasteiger partial charge in [-0.3, -0.25) is 0 Å². The zero-order valence-corrected chi connectivity index (χ0v) is 12.1. The third-order valence-corrected chi connectivity index (χ3v) is 5.07. The van der Waals surface area contributed by atoms with Crippen LogP contribution in [0.5, 0.6) is 0 Å². The van der Waals surface area contributed by atoms with Crippen LogP contribution in [0, 0.1) is 0 Å². The lowest BCUT2D eigenvalue weighted by Crippen LogP contribution is -2.40. The van der Waals surface area contributed by atoms with Crippen LogP contribution in [0.3, 0.4) is 0 Å². The van der Waals surface area contributed by atoms with E-state index < -0.39 is 9.84 Å². The van der Waals surface area contributed by atoms with Crippen LogP contribution in [0.2, 0.25) is 0 Å². The van der Waals surface area contributed by atoms with E-state index in [0.29, 0.717) is 38.0 Å². The van der Waals surface area contributed by atoms with Crippen molar-refractivity contribution in [3.8, 4) is 0 Å². The lowest BCUT2D eigenvalue weighted by molar-refractivity contribution is 0.0128. The van der Waals surface area contributed by atoms with E-state index in [1.807, 2.05) is 6.92 Å². The summed E-state index contributed by atoms with van der Waals surface area (Å²) >= 11 is 0. The summed E-state index contributed by atoms with van der Waals surface area (Å²) in [6.45, 7) is 5.60. The van der Waals surface area contributed by atoms with Crippen molar-refractivity contribution >= 4 is 9.84 Å². The van der Waals surface area contributed by atoms with Gasteiger partial charge in [-0.1, -0.05) is 6.92 Å². The van der Waals surface area contributed by atoms with Crippen molar-refractivity contribution in [3.63, 3.8) is 0 Å². The summed E-state index contributed by atoms with van der Waals surface area (Å²) in [5, 5.41) is 0. The molecule has 0 atom stereocenters. The lowest BCUT2D eigenvalue weighted by atomic mass is 10.1. The Bertz CT molecular complexity index is 311. The van der Waals surface area contributed by atoms with E-state index in [1.165, 1.54) is 0 Å². The molecule has 0 unspecified atom stereocenters. The fourth-order valence-electron chi connectivity index (χ4n) is 2.22. The number of piperidine rings is 1. The smallest absolute Gasteiger partial charge is 0.151 e. The lowest BCUT2D eigenvalue weighted by Gasteiger charge is -2.31. The zero-order valence-electron chi connectivity index (χ0n) is 11.3. The molecule has 108 valence electrons. The molecule has 1 aliphatic rings. The largest absolute Gasteiger partial charge is 0.377 e. The molecule has 2 N–H and O–H groups in total. The predicted octanol–water partition coefficient (Wildman–Crippen LogP) is 0.251. The highest BCUT2D eigenvalue weighted by molar-refractivity contribution is 7.91. The van der Waals surface area contributed by atoms with Gasteiger partial charge in [0.25, 0.3) is 0 Å². The average molecular weight is 278 g/mol. The zero-order chi connectivity index (χ0) is 13.4. The molecule has 1 fully saturated rings. The number of ether oxygens (including phenoxy) is 1. The van der Waals surface area contributed by atoms with Crippen LogP contribution in [0.1, 0.15) is 26.2 Å².